The number of halogens is 3. The molecule has 120 valence electrons. The Morgan fingerprint density at radius 1 is 1.23 bits per heavy atom. The second-order valence-electron chi connectivity index (χ2n) is 4.22. The van der Waals surface area contributed by atoms with Crippen LogP contribution in [-0.4, -0.2) is 54.9 Å². The van der Waals surface area contributed by atoms with Crippen LogP contribution in [0.15, 0.2) is 6.20 Å². The van der Waals surface area contributed by atoms with E-state index in [9.17, 15) is 14.4 Å². The number of likely N-dealkylation sites (N-methyl/N-ethyl adjacent to an activating group) is 1. The van der Waals surface area contributed by atoms with E-state index >= 15 is 0 Å². The first-order valence-corrected chi connectivity index (χ1v) is 7.01. The molecule has 1 rings (SSSR count). The van der Waals surface area contributed by atoms with Crippen molar-refractivity contribution in [1.82, 2.24) is 15.2 Å². The van der Waals surface area contributed by atoms with Gasteiger partial charge in [0.1, 0.15) is 0 Å². The monoisotopic (exact) mass is 367 g/mol. The molecule has 2 amide bonds. The summed E-state index contributed by atoms with van der Waals surface area (Å²) in [5.74, 6) is -1.87. The minimum atomic E-state index is -0.933. The minimum Gasteiger partial charge on any atom is -0.451 e. The van der Waals surface area contributed by atoms with Gasteiger partial charge in [-0.15, -0.1) is 0 Å². The van der Waals surface area contributed by atoms with Crippen LogP contribution in [0.3, 0.4) is 0 Å². The predicted molar refractivity (Wildman–Crippen MR) is 81.3 cm³/mol. The van der Waals surface area contributed by atoms with Gasteiger partial charge in [-0.05, 0) is 0 Å². The first kappa shape index (κ1) is 18.5. The smallest absolute Gasteiger partial charge is 0.359 e. The van der Waals surface area contributed by atoms with Crippen LogP contribution in [0.25, 0.3) is 0 Å². The molecule has 0 radical (unpaired) electrons. The van der Waals surface area contributed by atoms with Gasteiger partial charge >= 0.3 is 5.97 Å². The lowest BCUT2D eigenvalue weighted by Gasteiger charge is -2.11. The molecule has 0 aliphatic carbocycles. The van der Waals surface area contributed by atoms with Gasteiger partial charge in [0.25, 0.3) is 5.91 Å². The number of ether oxygens (including phenoxy) is 1. The van der Waals surface area contributed by atoms with Crippen molar-refractivity contribution in [2.75, 3.05) is 27.2 Å². The van der Waals surface area contributed by atoms with Crippen LogP contribution < -0.4 is 5.32 Å². The molecule has 1 aromatic rings. The molecule has 0 aliphatic rings. The predicted octanol–water partition coefficient (Wildman–Crippen LogP) is 1.40. The van der Waals surface area contributed by atoms with Crippen molar-refractivity contribution in [3.8, 4) is 0 Å². The molecular weight excluding hydrogens is 357 g/mol. The van der Waals surface area contributed by atoms with Gasteiger partial charge < -0.3 is 15.0 Å². The van der Waals surface area contributed by atoms with Crippen LogP contribution >= 0.6 is 34.8 Å². The summed E-state index contributed by atoms with van der Waals surface area (Å²) in [4.78, 5) is 39.5. The van der Waals surface area contributed by atoms with Crippen LogP contribution in [0.4, 0.5) is 0 Å². The maximum absolute atomic E-state index is 11.8. The van der Waals surface area contributed by atoms with Gasteiger partial charge in [-0.1, -0.05) is 34.8 Å². The number of hydrogen-bond donors (Lipinski definition) is 1. The molecule has 10 heteroatoms. The maximum atomic E-state index is 11.8. The lowest BCUT2D eigenvalue weighted by atomic mass is 10.3. The average Bonchev–Trinajstić information content (AvgIpc) is 2.47. The third-order valence-corrected chi connectivity index (χ3v) is 3.62. The molecule has 0 atom stereocenters. The standard InChI is InChI=1S/C12H12Cl3N3O4/c1-18(2)8(20)4-16-7(19)5-22-12(21)11-10(15)9(14)6(13)3-17-11/h3H,4-5H2,1-2H3,(H,16,19). The average molecular weight is 369 g/mol. The van der Waals surface area contributed by atoms with E-state index in [1.807, 2.05) is 0 Å². The van der Waals surface area contributed by atoms with Crippen molar-refractivity contribution in [3.05, 3.63) is 27.0 Å². The SMILES string of the molecule is CN(C)C(=O)CNC(=O)COC(=O)c1ncc(Cl)c(Cl)c1Cl. The summed E-state index contributed by atoms with van der Waals surface area (Å²) in [6.07, 6.45) is 1.14. The number of nitrogens with one attached hydrogen (secondary N) is 1. The largest absolute Gasteiger partial charge is 0.451 e. The number of pyridine rings is 1. The molecule has 1 heterocycles. The van der Waals surface area contributed by atoms with E-state index in [0.717, 1.165) is 6.20 Å². The zero-order valence-electron chi connectivity index (χ0n) is 11.7. The molecule has 0 fully saturated rings. The minimum absolute atomic E-state index is 0.0358. The second-order valence-corrected chi connectivity index (χ2v) is 5.39. The summed E-state index contributed by atoms with van der Waals surface area (Å²) in [6, 6.07) is 0. The Bertz CT molecular complexity index is 608. The van der Waals surface area contributed by atoms with Gasteiger partial charge in [-0.25, -0.2) is 9.78 Å². The number of aromatic nitrogens is 1. The zero-order chi connectivity index (χ0) is 16.9. The molecule has 0 saturated heterocycles. The van der Waals surface area contributed by atoms with Crippen LogP contribution in [0.5, 0.6) is 0 Å². The Hall–Kier alpha value is -1.57. The molecular formula is C12H12Cl3N3O4. The van der Waals surface area contributed by atoms with Gasteiger partial charge in [0, 0.05) is 20.3 Å². The van der Waals surface area contributed by atoms with Crippen molar-refractivity contribution in [2.24, 2.45) is 0 Å². The molecule has 1 aromatic heterocycles. The molecule has 0 aliphatic heterocycles. The van der Waals surface area contributed by atoms with Crippen molar-refractivity contribution < 1.29 is 19.1 Å². The van der Waals surface area contributed by atoms with E-state index in [2.05, 4.69) is 10.3 Å². The van der Waals surface area contributed by atoms with Crippen LogP contribution in [0.1, 0.15) is 10.5 Å². The van der Waals surface area contributed by atoms with Crippen molar-refractivity contribution in [1.29, 1.82) is 0 Å². The van der Waals surface area contributed by atoms with Crippen molar-refractivity contribution >= 4 is 52.6 Å². The van der Waals surface area contributed by atoms with Crippen molar-refractivity contribution in [3.63, 3.8) is 0 Å². The fourth-order valence-corrected chi connectivity index (χ4v) is 1.73. The fourth-order valence-electron chi connectivity index (χ4n) is 1.17. The van der Waals surface area contributed by atoms with E-state index in [1.54, 1.807) is 14.1 Å². The summed E-state index contributed by atoms with van der Waals surface area (Å²) in [6.45, 7) is -0.785. The number of esters is 1. The normalized spacial score (nSPS) is 10.0. The fraction of sp³-hybridized carbons (Fsp3) is 0.333. The Balaban J connectivity index is 2.55. The maximum Gasteiger partial charge on any atom is 0.359 e. The number of nitrogens with zero attached hydrogens (tertiary/aromatic N) is 2. The molecule has 0 spiro atoms. The topological polar surface area (TPSA) is 88.6 Å². The number of carbonyl (C=O) groups excluding carboxylic acids is 3. The molecule has 0 bridgehead atoms. The lowest BCUT2D eigenvalue weighted by molar-refractivity contribution is -0.131. The van der Waals surface area contributed by atoms with Crippen LogP contribution in [-0.2, 0) is 14.3 Å². The van der Waals surface area contributed by atoms with Crippen molar-refractivity contribution in [2.45, 2.75) is 0 Å². The highest BCUT2D eigenvalue weighted by Gasteiger charge is 2.19. The van der Waals surface area contributed by atoms with E-state index in [1.165, 1.54) is 4.90 Å². The summed E-state index contributed by atoms with van der Waals surface area (Å²) in [5, 5.41) is 2.18. The van der Waals surface area contributed by atoms with E-state index in [4.69, 9.17) is 39.5 Å². The lowest BCUT2D eigenvalue weighted by Crippen LogP contribution is -2.38. The van der Waals surface area contributed by atoms with E-state index in [0.29, 0.717) is 0 Å². The molecule has 0 unspecified atom stereocenters. The highest BCUT2D eigenvalue weighted by molar-refractivity contribution is 6.48. The summed E-state index contributed by atoms with van der Waals surface area (Å²) in [5.41, 5.74) is -0.256. The number of amides is 2. The van der Waals surface area contributed by atoms with E-state index < -0.39 is 18.5 Å². The molecule has 0 aromatic carbocycles. The summed E-state index contributed by atoms with van der Waals surface area (Å²) in [7, 11) is 3.10. The Morgan fingerprint density at radius 3 is 2.45 bits per heavy atom. The summed E-state index contributed by atoms with van der Waals surface area (Å²) < 4.78 is 4.73. The number of rotatable bonds is 5. The number of carbonyl (C=O) groups is 3. The first-order chi connectivity index (χ1) is 10.2. The summed E-state index contributed by atoms with van der Waals surface area (Å²) >= 11 is 17.3. The van der Waals surface area contributed by atoms with Gasteiger partial charge in [0.15, 0.2) is 12.3 Å². The first-order valence-electron chi connectivity index (χ1n) is 5.87. The van der Waals surface area contributed by atoms with Crippen LogP contribution in [0.2, 0.25) is 15.1 Å². The van der Waals surface area contributed by atoms with Gasteiger partial charge in [-0.2, -0.15) is 0 Å². The van der Waals surface area contributed by atoms with Gasteiger partial charge in [-0.3, -0.25) is 9.59 Å². The third kappa shape index (κ3) is 5.01. The highest BCUT2D eigenvalue weighted by Crippen LogP contribution is 2.31. The quantitative estimate of drug-likeness (QED) is 0.794. The second kappa shape index (κ2) is 8.17. The Labute approximate surface area is 141 Å². The van der Waals surface area contributed by atoms with Gasteiger partial charge in [0.2, 0.25) is 5.91 Å². The van der Waals surface area contributed by atoms with Gasteiger partial charge in [0.05, 0.1) is 21.6 Å². The highest BCUT2D eigenvalue weighted by atomic mass is 35.5. The van der Waals surface area contributed by atoms with Crippen LogP contribution in [0, 0.1) is 0 Å². The number of hydrogen-bond acceptors (Lipinski definition) is 5. The Kier molecular flexibility index (Phi) is 6.86. The zero-order valence-corrected chi connectivity index (χ0v) is 13.9. The molecule has 7 nitrogen and oxygen atoms in total. The Morgan fingerprint density at radius 2 is 1.86 bits per heavy atom. The molecule has 1 N–H and O–H groups in total. The molecule has 22 heavy (non-hydrogen) atoms. The molecule has 0 saturated carbocycles. The third-order valence-electron chi connectivity index (χ3n) is 2.38. The van der Waals surface area contributed by atoms with E-state index in [-0.39, 0.29) is 33.2 Å².